The van der Waals surface area contributed by atoms with E-state index in [4.69, 9.17) is 9.47 Å². The van der Waals surface area contributed by atoms with Crippen LogP contribution in [0.1, 0.15) is 18.1 Å². The number of ether oxygens (including phenoxy) is 2. The molecule has 1 atom stereocenters. The van der Waals surface area contributed by atoms with E-state index in [1.165, 1.54) is 11.1 Å². The van der Waals surface area contributed by atoms with Crippen molar-refractivity contribution in [2.24, 2.45) is 0 Å². The van der Waals surface area contributed by atoms with Crippen LogP contribution in [0.3, 0.4) is 0 Å². The zero-order valence-corrected chi connectivity index (χ0v) is 14.0. The summed E-state index contributed by atoms with van der Waals surface area (Å²) in [5.41, 5.74) is 3.24. The van der Waals surface area contributed by atoms with Crippen molar-refractivity contribution in [3.05, 3.63) is 53.6 Å². The van der Waals surface area contributed by atoms with Crippen LogP contribution in [0.2, 0.25) is 0 Å². The molecule has 4 nitrogen and oxygen atoms in total. The van der Waals surface area contributed by atoms with Crippen molar-refractivity contribution in [2.75, 3.05) is 12.1 Å². The SMILES string of the molecule is Cc1ccccc1CSC(C)C(=O)Nc1ccc2c(c1)OCO2. The average Bonchev–Trinajstić information content (AvgIpc) is 3.01. The first kappa shape index (κ1) is 15.7. The minimum Gasteiger partial charge on any atom is -0.454 e. The van der Waals surface area contributed by atoms with E-state index in [0.717, 1.165) is 11.4 Å². The van der Waals surface area contributed by atoms with E-state index in [9.17, 15) is 4.79 Å². The number of nitrogens with one attached hydrogen (secondary N) is 1. The minimum absolute atomic E-state index is 0.0116. The summed E-state index contributed by atoms with van der Waals surface area (Å²) in [7, 11) is 0. The van der Waals surface area contributed by atoms with Gasteiger partial charge in [0.2, 0.25) is 12.7 Å². The second kappa shape index (κ2) is 6.96. The Morgan fingerprint density at radius 3 is 2.83 bits per heavy atom. The molecule has 0 bridgehead atoms. The third-order valence-electron chi connectivity index (χ3n) is 3.76. The highest BCUT2D eigenvalue weighted by atomic mass is 32.2. The van der Waals surface area contributed by atoms with Gasteiger partial charge < -0.3 is 14.8 Å². The Kier molecular flexibility index (Phi) is 4.76. The first-order chi connectivity index (χ1) is 11.1. The molecule has 0 aromatic heterocycles. The molecule has 1 unspecified atom stereocenters. The van der Waals surface area contributed by atoms with Crippen LogP contribution in [0.5, 0.6) is 11.5 Å². The molecule has 2 aromatic carbocycles. The van der Waals surface area contributed by atoms with Crippen molar-refractivity contribution in [1.29, 1.82) is 0 Å². The fourth-order valence-corrected chi connectivity index (χ4v) is 3.24. The molecular weight excluding hydrogens is 310 g/mol. The van der Waals surface area contributed by atoms with E-state index >= 15 is 0 Å². The molecule has 2 aromatic rings. The Morgan fingerprint density at radius 2 is 2.00 bits per heavy atom. The Morgan fingerprint density at radius 1 is 1.22 bits per heavy atom. The maximum absolute atomic E-state index is 12.3. The van der Waals surface area contributed by atoms with Crippen LogP contribution >= 0.6 is 11.8 Å². The van der Waals surface area contributed by atoms with Crippen LogP contribution in [0.4, 0.5) is 5.69 Å². The van der Waals surface area contributed by atoms with Crippen LogP contribution in [-0.2, 0) is 10.5 Å². The molecule has 0 radical (unpaired) electrons. The molecule has 0 fully saturated rings. The van der Waals surface area contributed by atoms with E-state index in [1.54, 1.807) is 17.8 Å². The quantitative estimate of drug-likeness (QED) is 0.901. The highest BCUT2D eigenvalue weighted by Gasteiger charge is 2.17. The largest absolute Gasteiger partial charge is 0.454 e. The maximum atomic E-state index is 12.3. The lowest BCUT2D eigenvalue weighted by Crippen LogP contribution is -2.22. The molecule has 0 spiro atoms. The van der Waals surface area contributed by atoms with Crippen LogP contribution in [0.15, 0.2) is 42.5 Å². The van der Waals surface area contributed by atoms with Crippen molar-refractivity contribution in [3.63, 3.8) is 0 Å². The van der Waals surface area contributed by atoms with E-state index in [1.807, 2.05) is 31.2 Å². The van der Waals surface area contributed by atoms with Gasteiger partial charge in [0.05, 0.1) is 5.25 Å². The van der Waals surface area contributed by atoms with Gasteiger partial charge >= 0.3 is 0 Å². The lowest BCUT2D eigenvalue weighted by Gasteiger charge is -2.13. The summed E-state index contributed by atoms with van der Waals surface area (Å²) in [5, 5.41) is 2.79. The number of carbonyl (C=O) groups excluding carboxylic acids is 1. The Bertz CT molecular complexity index is 717. The Balaban J connectivity index is 1.56. The first-order valence-electron chi connectivity index (χ1n) is 7.50. The van der Waals surface area contributed by atoms with Crippen LogP contribution in [0.25, 0.3) is 0 Å². The molecule has 23 heavy (non-hydrogen) atoms. The van der Waals surface area contributed by atoms with E-state index in [-0.39, 0.29) is 18.0 Å². The summed E-state index contributed by atoms with van der Waals surface area (Å²) < 4.78 is 10.6. The number of thioether (sulfide) groups is 1. The zero-order chi connectivity index (χ0) is 16.2. The number of carbonyl (C=O) groups is 1. The van der Waals surface area contributed by atoms with Crippen LogP contribution in [-0.4, -0.2) is 18.0 Å². The number of hydrogen-bond donors (Lipinski definition) is 1. The number of benzene rings is 2. The second-order valence-electron chi connectivity index (χ2n) is 5.44. The van der Waals surface area contributed by atoms with Crippen molar-refractivity contribution in [3.8, 4) is 11.5 Å². The number of anilines is 1. The summed E-state index contributed by atoms with van der Waals surface area (Å²) in [6.45, 7) is 4.24. The minimum atomic E-state index is -0.139. The van der Waals surface area contributed by atoms with Gasteiger partial charge in [0, 0.05) is 17.5 Å². The third-order valence-corrected chi connectivity index (χ3v) is 4.95. The molecule has 0 saturated carbocycles. The zero-order valence-electron chi connectivity index (χ0n) is 13.2. The molecule has 1 heterocycles. The Hall–Kier alpha value is -2.14. The van der Waals surface area contributed by atoms with Gasteiger partial charge in [-0.2, -0.15) is 0 Å². The molecular formula is C18H19NO3S. The average molecular weight is 329 g/mol. The van der Waals surface area contributed by atoms with Gasteiger partial charge in [0.15, 0.2) is 11.5 Å². The first-order valence-corrected chi connectivity index (χ1v) is 8.55. The number of amides is 1. The molecule has 1 N–H and O–H groups in total. The summed E-state index contributed by atoms with van der Waals surface area (Å²) in [6.07, 6.45) is 0. The number of fused-ring (bicyclic) bond motifs is 1. The lowest BCUT2D eigenvalue weighted by atomic mass is 10.1. The molecule has 5 heteroatoms. The smallest absolute Gasteiger partial charge is 0.237 e. The molecule has 120 valence electrons. The lowest BCUT2D eigenvalue weighted by molar-refractivity contribution is -0.115. The van der Waals surface area contributed by atoms with Crippen molar-refractivity contribution in [1.82, 2.24) is 0 Å². The third kappa shape index (κ3) is 3.79. The van der Waals surface area contributed by atoms with Crippen molar-refractivity contribution in [2.45, 2.75) is 24.9 Å². The monoisotopic (exact) mass is 329 g/mol. The fraction of sp³-hybridized carbons (Fsp3) is 0.278. The standard InChI is InChI=1S/C18H19NO3S/c1-12-5-3-4-6-14(12)10-23-13(2)18(20)19-15-7-8-16-17(9-15)22-11-21-16/h3-9,13H,10-11H2,1-2H3,(H,19,20). The Labute approximate surface area is 140 Å². The van der Waals surface area contributed by atoms with Gasteiger partial charge in [-0.05, 0) is 37.1 Å². The number of aryl methyl sites for hydroxylation is 1. The van der Waals surface area contributed by atoms with E-state index < -0.39 is 0 Å². The summed E-state index contributed by atoms with van der Waals surface area (Å²) in [4.78, 5) is 12.3. The van der Waals surface area contributed by atoms with Gasteiger partial charge in [-0.1, -0.05) is 24.3 Å². The predicted octanol–water partition coefficient (Wildman–Crippen LogP) is 3.98. The van der Waals surface area contributed by atoms with Gasteiger partial charge in [0.1, 0.15) is 0 Å². The number of hydrogen-bond acceptors (Lipinski definition) is 4. The maximum Gasteiger partial charge on any atom is 0.237 e. The van der Waals surface area contributed by atoms with Crippen LogP contribution < -0.4 is 14.8 Å². The molecule has 1 amide bonds. The van der Waals surface area contributed by atoms with Crippen molar-refractivity contribution >= 4 is 23.4 Å². The summed E-state index contributed by atoms with van der Waals surface area (Å²) >= 11 is 1.63. The molecule has 1 aliphatic rings. The predicted molar refractivity (Wildman–Crippen MR) is 93.1 cm³/mol. The molecule has 1 aliphatic heterocycles. The van der Waals surface area contributed by atoms with E-state index in [2.05, 4.69) is 24.4 Å². The second-order valence-corrected chi connectivity index (χ2v) is 6.77. The van der Waals surface area contributed by atoms with Gasteiger partial charge in [-0.25, -0.2) is 0 Å². The van der Waals surface area contributed by atoms with Gasteiger partial charge in [-0.15, -0.1) is 11.8 Å². The molecule has 3 rings (SSSR count). The topological polar surface area (TPSA) is 47.6 Å². The summed E-state index contributed by atoms with van der Waals surface area (Å²) in [6, 6.07) is 13.7. The summed E-state index contributed by atoms with van der Waals surface area (Å²) in [5.74, 6) is 2.19. The molecule has 0 saturated heterocycles. The van der Waals surface area contributed by atoms with Gasteiger partial charge in [-0.3, -0.25) is 4.79 Å². The van der Waals surface area contributed by atoms with Gasteiger partial charge in [0.25, 0.3) is 0 Å². The van der Waals surface area contributed by atoms with Crippen LogP contribution in [0, 0.1) is 6.92 Å². The molecule has 0 aliphatic carbocycles. The van der Waals surface area contributed by atoms with E-state index in [0.29, 0.717) is 11.5 Å². The highest BCUT2D eigenvalue weighted by Crippen LogP contribution is 2.34. The van der Waals surface area contributed by atoms with Crippen molar-refractivity contribution < 1.29 is 14.3 Å². The highest BCUT2D eigenvalue weighted by molar-refractivity contribution is 7.99. The number of rotatable bonds is 5. The normalized spacial score (nSPS) is 13.7. The fourth-order valence-electron chi connectivity index (χ4n) is 2.28.